The number of thiophene rings is 1. The van der Waals surface area contributed by atoms with Crippen molar-refractivity contribution in [2.24, 2.45) is 5.16 Å². The molecule has 1 aliphatic carbocycles. The van der Waals surface area contributed by atoms with E-state index in [2.05, 4.69) is 10.5 Å². The first-order chi connectivity index (χ1) is 14.9. The number of benzene rings is 1. The Labute approximate surface area is 194 Å². The molecular formula is C20H17Cl2F5N2O2S. The lowest BCUT2D eigenvalue weighted by Crippen LogP contribution is -2.50. The van der Waals surface area contributed by atoms with Crippen LogP contribution in [-0.2, 0) is 4.84 Å². The quantitative estimate of drug-likeness (QED) is 0.449. The number of halogens is 7. The van der Waals surface area contributed by atoms with Crippen molar-refractivity contribution in [1.82, 2.24) is 5.32 Å². The van der Waals surface area contributed by atoms with E-state index in [1.807, 2.05) is 13.0 Å². The van der Waals surface area contributed by atoms with Crippen molar-refractivity contribution in [2.45, 2.75) is 50.9 Å². The minimum absolute atomic E-state index is 0.303. The molecule has 1 N–H and O–H groups in total. The third-order valence-electron chi connectivity index (χ3n) is 4.76. The number of amides is 1. The average Bonchev–Trinajstić information content (AvgIpc) is 3.25. The van der Waals surface area contributed by atoms with Crippen molar-refractivity contribution in [3.8, 4) is 0 Å². The van der Waals surface area contributed by atoms with E-state index in [0.29, 0.717) is 21.3 Å². The zero-order valence-electron chi connectivity index (χ0n) is 16.5. The van der Waals surface area contributed by atoms with Gasteiger partial charge in [0.15, 0.2) is 6.10 Å². The highest BCUT2D eigenvalue weighted by Gasteiger charge is 2.46. The molecule has 1 atom stereocenters. The predicted molar refractivity (Wildman–Crippen MR) is 113 cm³/mol. The van der Waals surface area contributed by atoms with E-state index in [0.717, 1.165) is 21.7 Å². The normalized spacial score (nSPS) is 19.5. The summed E-state index contributed by atoms with van der Waals surface area (Å²) in [5.74, 6) is -2.99. The summed E-state index contributed by atoms with van der Waals surface area (Å²) in [6, 6.07) is 6.60. The lowest BCUT2D eigenvalue weighted by Gasteiger charge is -2.35. The number of hydrogen-bond donors (Lipinski definition) is 1. The number of nitrogens with one attached hydrogen (secondary N) is 1. The van der Waals surface area contributed by atoms with Gasteiger partial charge in [0.2, 0.25) is 0 Å². The van der Waals surface area contributed by atoms with Crippen LogP contribution in [0.25, 0.3) is 0 Å². The van der Waals surface area contributed by atoms with Crippen molar-refractivity contribution in [3.05, 3.63) is 55.2 Å². The molecule has 0 radical (unpaired) electrons. The number of aryl methyl sites for hydroxylation is 1. The summed E-state index contributed by atoms with van der Waals surface area (Å²) in [5.41, 5.74) is 2.33. The van der Waals surface area contributed by atoms with Gasteiger partial charge >= 0.3 is 6.68 Å². The van der Waals surface area contributed by atoms with Gasteiger partial charge in [-0.15, -0.1) is 11.3 Å². The number of oxime groups is 1. The minimum atomic E-state index is -3.67. The number of carbonyl (C=O) groups is 1. The molecule has 174 valence electrons. The van der Waals surface area contributed by atoms with Crippen LogP contribution in [0.15, 0.2) is 29.4 Å². The number of alkyl halides is 5. The van der Waals surface area contributed by atoms with Gasteiger partial charge in [0.05, 0.1) is 9.75 Å². The van der Waals surface area contributed by atoms with Gasteiger partial charge in [0.1, 0.15) is 5.71 Å². The minimum Gasteiger partial charge on any atom is -0.387 e. The second-order valence-electron chi connectivity index (χ2n) is 7.34. The molecule has 1 aliphatic heterocycles. The molecule has 2 aliphatic rings. The largest absolute Gasteiger partial charge is 0.387 e. The maximum absolute atomic E-state index is 13.0. The first kappa shape index (κ1) is 24.7. The van der Waals surface area contributed by atoms with Crippen molar-refractivity contribution in [2.75, 3.05) is 0 Å². The molecule has 32 heavy (non-hydrogen) atoms. The Morgan fingerprint density at radius 3 is 2.34 bits per heavy atom. The Balaban J connectivity index is 0.000000668. The summed E-state index contributed by atoms with van der Waals surface area (Å²) in [6.45, 7) is -1.85. The maximum Gasteiger partial charge on any atom is 0.379 e. The third kappa shape index (κ3) is 6.32. The molecule has 0 saturated heterocycles. The molecule has 1 aromatic heterocycles. The van der Waals surface area contributed by atoms with Crippen LogP contribution in [0.4, 0.5) is 22.0 Å². The molecular weight excluding hydrogens is 498 g/mol. The summed E-state index contributed by atoms with van der Waals surface area (Å²) in [7, 11) is 0. The van der Waals surface area contributed by atoms with Crippen molar-refractivity contribution >= 4 is 46.2 Å². The lowest BCUT2D eigenvalue weighted by atomic mass is 9.88. The second kappa shape index (κ2) is 9.93. The van der Waals surface area contributed by atoms with Gasteiger partial charge in [-0.2, -0.15) is 13.2 Å². The van der Waals surface area contributed by atoms with Crippen molar-refractivity contribution in [3.63, 3.8) is 0 Å². The molecule has 4 nitrogen and oxygen atoms in total. The van der Waals surface area contributed by atoms with Crippen LogP contribution in [0.3, 0.4) is 0 Å². The SMILES string of the molecule is Cc1cc(C2=NOC(c3cc(Cl)cc(Cl)c3)C2)sc1C(=O)NC1CC(F)(F)C1.FC(F)F. The van der Waals surface area contributed by atoms with E-state index in [9.17, 15) is 26.7 Å². The van der Waals surface area contributed by atoms with Crippen LogP contribution in [0.5, 0.6) is 0 Å². The summed E-state index contributed by atoms with van der Waals surface area (Å²) < 4.78 is 54.9. The fourth-order valence-electron chi connectivity index (χ4n) is 3.33. The molecule has 1 fully saturated rings. The molecule has 4 rings (SSSR count). The van der Waals surface area contributed by atoms with Gasteiger partial charge in [0, 0.05) is 35.3 Å². The molecule has 2 heterocycles. The number of rotatable bonds is 4. The van der Waals surface area contributed by atoms with E-state index in [4.69, 9.17) is 28.0 Å². The van der Waals surface area contributed by atoms with Gasteiger partial charge in [0.25, 0.3) is 11.8 Å². The maximum atomic E-state index is 13.0. The van der Waals surface area contributed by atoms with E-state index < -0.39 is 18.6 Å². The van der Waals surface area contributed by atoms with Crippen LogP contribution >= 0.6 is 34.5 Å². The van der Waals surface area contributed by atoms with Gasteiger partial charge in [-0.3, -0.25) is 4.79 Å². The third-order valence-corrected chi connectivity index (χ3v) is 6.48. The zero-order chi connectivity index (χ0) is 23.6. The molecule has 0 bridgehead atoms. The van der Waals surface area contributed by atoms with Gasteiger partial charge < -0.3 is 10.2 Å². The fraction of sp³-hybridized carbons (Fsp3) is 0.400. The van der Waals surface area contributed by atoms with Crippen LogP contribution in [0, 0.1) is 6.92 Å². The van der Waals surface area contributed by atoms with Crippen LogP contribution in [-0.4, -0.2) is 30.3 Å². The Kier molecular flexibility index (Phi) is 7.67. The molecule has 1 unspecified atom stereocenters. The van der Waals surface area contributed by atoms with Crippen molar-refractivity contribution < 1.29 is 31.6 Å². The predicted octanol–water partition coefficient (Wildman–Crippen LogP) is 6.94. The molecule has 0 spiro atoms. The van der Waals surface area contributed by atoms with Crippen molar-refractivity contribution in [1.29, 1.82) is 0 Å². The fourth-order valence-corrected chi connectivity index (χ4v) is 4.94. The molecule has 12 heteroatoms. The summed E-state index contributed by atoms with van der Waals surface area (Å²) in [6.07, 6.45) is -0.393. The second-order valence-corrected chi connectivity index (χ2v) is 9.27. The topological polar surface area (TPSA) is 50.7 Å². The zero-order valence-corrected chi connectivity index (χ0v) is 18.8. The van der Waals surface area contributed by atoms with E-state index in [1.54, 1.807) is 18.2 Å². The molecule has 1 amide bonds. The van der Waals surface area contributed by atoms with Crippen LogP contribution < -0.4 is 5.32 Å². The number of nitrogens with zero attached hydrogens (tertiary/aromatic N) is 1. The van der Waals surface area contributed by atoms with E-state index in [-0.39, 0.29) is 24.9 Å². The van der Waals surface area contributed by atoms with E-state index >= 15 is 0 Å². The summed E-state index contributed by atoms with van der Waals surface area (Å²) >= 11 is 13.4. The van der Waals surface area contributed by atoms with Gasteiger partial charge in [-0.25, -0.2) is 8.78 Å². The summed E-state index contributed by atoms with van der Waals surface area (Å²) in [5, 5.41) is 7.87. The Hall–Kier alpha value is -1.91. The smallest absolute Gasteiger partial charge is 0.379 e. The Morgan fingerprint density at radius 2 is 1.78 bits per heavy atom. The monoisotopic (exact) mass is 514 g/mol. The van der Waals surface area contributed by atoms with Gasteiger partial charge in [-0.1, -0.05) is 28.4 Å². The van der Waals surface area contributed by atoms with E-state index in [1.165, 1.54) is 11.3 Å². The number of carbonyl (C=O) groups excluding carboxylic acids is 1. The average molecular weight is 515 g/mol. The highest BCUT2D eigenvalue weighted by atomic mass is 35.5. The highest BCUT2D eigenvalue weighted by molar-refractivity contribution is 7.16. The summed E-state index contributed by atoms with van der Waals surface area (Å²) in [4.78, 5) is 19.3. The lowest BCUT2D eigenvalue weighted by molar-refractivity contribution is -0.0901. The Bertz CT molecular complexity index is 1000. The van der Waals surface area contributed by atoms with Crippen LogP contribution in [0.1, 0.15) is 51.0 Å². The Morgan fingerprint density at radius 1 is 1.19 bits per heavy atom. The molecule has 2 aromatic rings. The highest BCUT2D eigenvalue weighted by Crippen LogP contribution is 2.38. The first-order valence-electron chi connectivity index (χ1n) is 9.34. The molecule has 1 aromatic carbocycles. The first-order valence-corrected chi connectivity index (χ1v) is 10.9. The number of hydrogen-bond acceptors (Lipinski definition) is 4. The standard InChI is InChI=1S/C19H16Cl2F2N2O2S.CHF3/c1-9-2-16(28-17(9)18(26)24-13-7-19(22,23)8-13)14-6-15(27-25-14)10-3-11(20)5-12(21)4-10;2-1(3)4/h2-5,13,15H,6-8H2,1H3,(H,24,26);1H. The molecule has 1 saturated carbocycles. The van der Waals surface area contributed by atoms with Crippen LogP contribution in [0.2, 0.25) is 10.0 Å². The van der Waals surface area contributed by atoms with Gasteiger partial charge in [-0.05, 0) is 42.3 Å².